The van der Waals surface area contributed by atoms with Gasteiger partial charge in [-0.05, 0) is 55.0 Å². The fourth-order valence-electron chi connectivity index (χ4n) is 3.45. The highest BCUT2D eigenvalue weighted by Crippen LogP contribution is 2.23. The standard InChI is InChI=1S/C22H27FN2O3/c1-27-12-13-28-21-7-3-6-20(16-21)24-22(26)25-10-8-17(9-11-25)14-18-4-2-5-19(23)15-18/h2-7,15-17H,8-14H2,1H3,(H,24,26). The lowest BCUT2D eigenvalue weighted by Gasteiger charge is -2.32. The van der Waals surface area contributed by atoms with Gasteiger partial charge in [0.2, 0.25) is 0 Å². The first-order valence-corrected chi connectivity index (χ1v) is 9.66. The molecule has 2 amide bonds. The summed E-state index contributed by atoms with van der Waals surface area (Å²) in [6.45, 7) is 2.39. The van der Waals surface area contributed by atoms with Crippen LogP contribution in [0.4, 0.5) is 14.9 Å². The molecule has 0 aliphatic carbocycles. The van der Waals surface area contributed by atoms with Crippen molar-refractivity contribution in [2.75, 3.05) is 38.7 Å². The number of methoxy groups -OCH3 is 1. The molecule has 1 saturated heterocycles. The Hall–Kier alpha value is -2.60. The highest BCUT2D eigenvalue weighted by molar-refractivity contribution is 5.89. The number of amides is 2. The van der Waals surface area contributed by atoms with Crippen molar-refractivity contribution in [3.63, 3.8) is 0 Å². The van der Waals surface area contributed by atoms with E-state index in [2.05, 4.69) is 5.32 Å². The van der Waals surface area contributed by atoms with E-state index in [0.29, 0.717) is 43.7 Å². The van der Waals surface area contributed by atoms with E-state index in [1.165, 1.54) is 6.07 Å². The lowest BCUT2D eigenvalue weighted by molar-refractivity contribution is 0.146. The molecule has 1 fully saturated rings. The Morgan fingerprint density at radius 3 is 2.68 bits per heavy atom. The smallest absolute Gasteiger partial charge is 0.321 e. The molecule has 1 aliphatic rings. The van der Waals surface area contributed by atoms with Gasteiger partial charge in [-0.3, -0.25) is 0 Å². The third kappa shape index (κ3) is 5.96. The average molecular weight is 386 g/mol. The Kier molecular flexibility index (Phi) is 7.25. The number of hydrogen-bond donors (Lipinski definition) is 1. The molecule has 3 rings (SSSR count). The summed E-state index contributed by atoms with van der Waals surface area (Å²) >= 11 is 0. The SMILES string of the molecule is COCCOc1cccc(NC(=O)N2CCC(Cc3cccc(F)c3)CC2)c1. The average Bonchev–Trinajstić information content (AvgIpc) is 2.69. The largest absolute Gasteiger partial charge is 0.491 e. The fraction of sp³-hybridized carbons (Fsp3) is 0.409. The minimum atomic E-state index is -0.192. The van der Waals surface area contributed by atoms with Crippen LogP contribution < -0.4 is 10.1 Å². The number of benzene rings is 2. The van der Waals surface area contributed by atoms with Gasteiger partial charge in [-0.2, -0.15) is 0 Å². The van der Waals surface area contributed by atoms with Crippen molar-refractivity contribution in [2.45, 2.75) is 19.3 Å². The van der Waals surface area contributed by atoms with E-state index in [1.807, 2.05) is 35.2 Å². The van der Waals surface area contributed by atoms with Crippen LogP contribution in [0.15, 0.2) is 48.5 Å². The first-order chi connectivity index (χ1) is 13.6. The molecule has 28 heavy (non-hydrogen) atoms. The summed E-state index contributed by atoms with van der Waals surface area (Å²) in [6, 6.07) is 14.0. The van der Waals surface area contributed by atoms with Crippen LogP contribution in [0.5, 0.6) is 5.75 Å². The molecule has 5 nitrogen and oxygen atoms in total. The van der Waals surface area contributed by atoms with E-state index < -0.39 is 0 Å². The normalized spacial score (nSPS) is 14.7. The number of halogens is 1. The van der Waals surface area contributed by atoms with Crippen molar-refractivity contribution < 1.29 is 18.7 Å². The predicted octanol–water partition coefficient (Wildman–Crippen LogP) is 4.34. The van der Waals surface area contributed by atoms with Crippen molar-refractivity contribution in [1.82, 2.24) is 4.90 Å². The van der Waals surface area contributed by atoms with E-state index in [4.69, 9.17) is 9.47 Å². The van der Waals surface area contributed by atoms with Gasteiger partial charge in [0, 0.05) is 32.0 Å². The van der Waals surface area contributed by atoms with Crippen molar-refractivity contribution in [1.29, 1.82) is 0 Å². The Morgan fingerprint density at radius 1 is 1.14 bits per heavy atom. The first-order valence-electron chi connectivity index (χ1n) is 9.66. The lowest BCUT2D eigenvalue weighted by Crippen LogP contribution is -2.41. The highest BCUT2D eigenvalue weighted by Gasteiger charge is 2.23. The van der Waals surface area contributed by atoms with Gasteiger partial charge in [-0.25, -0.2) is 9.18 Å². The molecule has 1 heterocycles. The Morgan fingerprint density at radius 2 is 1.93 bits per heavy atom. The van der Waals surface area contributed by atoms with Gasteiger partial charge in [0.25, 0.3) is 0 Å². The van der Waals surface area contributed by atoms with E-state index in [0.717, 1.165) is 24.8 Å². The first kappa shape index (κ1) is 20.1. The second-order valence-corrected chi connectivity index (χ2v) is 7.06. The molecule has 0 unspecified atom stereocenters. The Bertz CT molecular complexity index is 776. The van der Waals surface area contributed by atoms with Crippen LogP contribution in [0.2, 0.25) is 0 Å². The van der Waals surface area contributed by atoms with Crippen molar-refractivity contribution in [2.24, 2.45) is 5.92 Å². The van der Waals surface area contributed by atoms with Gasteiger partial charge in [0.1, 0.15) is 18.2 Å². The molecular formula is C22H27FN2O3. The summed E-state index contributed by atoms with van der Waals surface area (Å²) in [5.41, 5.74) is 1.73. The van der Waals surface area contributed by atoms with Gasteiger partial charge in [0.15, 0.2) is 0 Å². The van der Waals surface area contributed by atoms with E-state index in [1.54, 1.807) is 19.2 Å². The number of hydrogen-bond acceptors (Lipinski definition) is 3. The molecule has 0 bridgehead atoms. The molecule has 0 aromatic heterocycles. The molecule has 0 spiro atoms. The van der Waals surface area contributed by atoms with E-state index >= 15 is 0 Å². The number of piperidine rings is 1. The van der Waals surface area contributed by atoms with Crippen LogP contribution in [0, 0.1) is 11.7 Å². The summed E-state index contributed by atoms with van der Waals surface area (Å²) in [4.78, 5) is 14.4. The lowest BCUT2D eigenvalue weighted by atomic mass is 9.90. The number of carbonyl (C=O) groups excluding carboxylic acids is 1. The Balaban J connectivity index is 1.46. The monoisotopic (exact) mass is 386 g/mol. The summed E-state index contributed by atoms with van der Waals surface area (Å²) in [5.74, 6) is 0.981. The maximum atomic E-state index is 13.3. The number of carbonyl (C=O) groups is 1. The van der Waals surface area contributed by atoms with Crippen molar-refractivity contribution in [3.8, 4) is 5.75 Å². The summed E-state index contributed by atoms with van der Waals surface area (Å²) in [6.07, 6.45) is 2.70. The van der Waals surface area contributed by atoms with Gasteiger partial charge < -0.3 is 19.7 Å². The van der Waals surface area contributed by atoms with E-state index in [-0.39, 0.29) is 11.8 Å². The van der Waals surface area contributed by atoms with Crippen LogP contribution in [0.1, 0.15) is 18.4 Å². The van der Waals surface area contributed by atoms with Gasteiger partial charge in [0.05, 0.1) is 6.61 Å². The molecular weight excluding hydrogens is 359 g/mol. The van der Waals surface area contributed by atoms with Gasteiger partial charge in [-0.15, -0.1) is 0 Å². The summed E-state index contributed by atoms with van der Waals surface area (Å²) in [5, 5.41) is 2.94. The molecule has 2 aromatic carbocycles. The van der Waals surface area contributed by atoms with Crippen LogP contribution in [-0.2, 0) is 11.2 Å². The maximum absolute atomic E-state index is 13.3. The zero-order valence-electron chi connectivity index (χ0n) is 16.2. The number of nitrogens with zero attached hydrogens (tertiary/aromatic N) is 1. The molecule has 0 radical (unpaired) electrons. The number of anilines is 1. The number of ether oxygens (including phenoxy) is 2. The van der Waals surface area contributed by atoms with Crippen LogP contribution in [0.25, 0.3) is 0 Å². The summed E-state index contributed by atoms with van der Waals surface area (Å²) < 4.78 is 23.9. The number of rotatable bonds is 7. The zero-order chi connectivity index (χ0) is 19.8. The minimum Gasteiger partial charge on any atom is -0.491 e. The molecule has 0 atom stereocenters. The van der Waals surface area contributed by atoms with E-state index in [9.17, 15) is 9.18 Å². The summed E-state index contributed by atoms with van der Waals surface area (Å²) in [7, 11) is 1.63. The topological polar surface area (TPSA) is 50.8 Å². The maximum Gasteiger partial charge on any atom is 0.321 e. The fourth-order valence-corrected chi connectivity index (χ4v) is 3.45. The quantitative estimate of drug-likeness (QED) is 0.721. The third-order valence-corrected chi connectivity index (χ3v) is 4.96. The molecule has 1 aliphatic heterocycles. The minimum absolute atomic E-state index is 0.0988. The number of likely N-dealkylation sites (tertiary alicyclic amines) is 1. The number of nitrogens with one attached hydrogen (secondary N) is 1. The Labute approximate surface area is 165 Å². The third-order valence-electron chi connectivity index (χ3n) is 4.96. The molecule has 6 heteroatoms. The zero-order valence-corrected chi connectivity index (χ0v) is 16.2. The van der Waals surface area contributed by atoms with Gasteiger partial charge >= 0.3 is 6.03 Å². The predicted molar refractivity (Wildman–Crippen MR) is 107 cm³/mol. The molecule has 1 N–H and O–H groups in total. The molecule has 0 saturated carbocycles. The second-order valence-electron chi connectivity index (χ2n) is 7.06. The molecule has 150 valence electrons. The van der Waals surface area contributed by atoms with Crippen molar-refractivity contribution >= 4 is 11.7 Å². The second kappa shape index (κ2) is 10.1. The molecule has 2 aromatic rings. The van der Waals surface area contributed by atoms with Crippen LogP contribution in [0.3, 0.4) is 0 Å². The van der Waals surface area contributed by atoms with Gasteiger partial charge in [-0.1, -0.05) is 18.2 Å². The highest BCUT2D eigenvalue weighted by atomic mass is 19.1. The van der Waals surface area contributed by atoms with Crippen LogP contribution in [-0.4, -0.2) is 44.3 Å². The number of urea groups is 1. The van der Waals surface area contributed by atoms with Crippen molar-refractivity contribution in [3.05, 3.63) is 59.9 Å². The van der Waals surface area contributed by atoms with Crippen LogP contribution >= 0.6 is 0 Å².